The fourth-order valence-corrected chi connectivity index (χ4v) is 2.69. The molecule has 0 aromatic carbocycles. The smallest absolute Gasteiger partial charge is 0.153 e. The van der Waals surface area contributed by atoms with Crippen LogP contribution in [0.4, 0.5) is 0 Å². The number of rotatable bonds is 2. The minimum absolute atomic E-state index is 0.585. The van der Waals surface area contributed by atoms with Crippen molar-refractivity contribution in [2.45, 2.75) is 0 Å². The molecule has 3 aromatic heterocycles. The van der Waals surface area contributed by atoms with Crippen LogP contribution in [-0.4, -0.2) is 15.7 Å². The number of hydrogen-bond donors (Lipinski definition) is 0. The van der Waals surface area contributed by atoms with Crippen molar-refractivity contribution < 1.29 is 4.79 Å². The molecule has 3 aromatic rings. The standard InChI is InChI=1S/C12H7ClN2OS/c13-11-4-3-10(17-11)9-6-15-5-1-2-8(7-16)12(15)14-9/h1-7H. The molecule has 0 saturated carbocycles. The molecule has 0 atom stereocenters. The van der Waals surface area contributed by atoms with Gasteiger partial charge in [0, 0.05) is 12.4 Å². The monoisotopic (exact) mass is 262 g/mol. The van der Waals surface area contributed by atoms with E-state index in [0.29, 0.717) is 11.2 Å². The first-order chi connectivity index (χ1) is 8.28. The zero-order chi connectivity index (χ0) is 11.8. The number of fused-ring (bicyclic) bond motifs is 1. The van der Waals surface area contributed by atoms with E-state index in [1.54, 1.807) is 6.07 Å². The Hall–Kier alpha value is -1.65. The third kappa shape index (κ3) is 1.75. The van der Waals surface area contributed by atoms with E-state index in [9.17, 15) is 4.79 Å². The fraction of sp³-hybridized carbons (Fsp3) is 0. The fourth-order valence-electron chi connectivity index (χ4n) is 1.70. The lowest BCUT2D eigenvalue weighted by Crippen LogP contribution is -1.88. The zero-order valence-electron chi connectivity index (χ0n) is 8.63. The van der Waals surface area contributed by atoms with Crippen LogP contribution in [0, 0.1) is 0 Å². The Kier molecular flexibility index (Phi) is 2.46. The Morgan fingerprint density at radius 2 is 2.24 bits per heavy atom. The first-order valence-corrected chi connectivity index (χ1v) is 6.16. The van der Waals surface area contributed by atoms with Crippen LogP contribution in [0.5, 0.6) is 0 Å². The summed E-state index contributed by atoms with van der Waals surface area (Å²) in [6, 6.07) is 7.34. The quantitative estimate of drug-likeness (QED) is 0.662. The van der Waals surface area contributed by atoms with Gasteiger partial charge in [-0.3, -0.25) is 4.79 Å². The van der Waals surface area contributed by atoms with Crippen LogP contribution in [0.1, 0.15) is 10.4 Å². The number of carbonyl (C=O) groups excluding carboxylic acids is 1. The van der Waals surface area contributed by atoms with E-state index in [4.69, 9.17) is 11.6 Å². The van der Waals surface area contributed by atoms with Crippen molar-refractivity contribution >= 4 is 34.9 Å². The summed E-state index contributed by atoms with van der Waals surface area (Å²) in [4.78, 5) is 16.3. The average molecular weight is 263 g/mol. The third-order valence-electron chi connectivity index (χ3n) is 2.47. The maximum Gasteiger partial charge on any atom is 0.153 e. The zero-order valence-corrected chi connectivity index (χ0v) is 10.2. The predicted octanol–water partition coefficient (Wildman–Crippen LogP) is 3.53. The van der Waals surface area contributed by atoms with Crippen LogP contribution < -0.4 is 0 Å². The molecule has 0 fully saturated rings. The van der Waals surface area contributed by atoms with Gasteiger partial charge in [0.25, 0.3) is 0 Å². The van der Waals surface area contributed by atoms with E-state index < -0.39 is 0 Å². The number of nitrogens with zero attached hydrogens (tertiary/aromatic N) is 2. The van der Waals surface area contributed by atoms with Gasteiger partial charge in [-0.15, -0.1) is 11.3 Å². The molecule has 0 radical (unpaired) electrons. The predicted molar refractivity (Wildman–Crippen MR) is 68.9 cm³/mol. The molecule has 0 spiro atoms. The van der Waals surface area contributed by atoms with Crippen molar-refractivity contribution in [3.8, 4) is 10.6 Å². The molecule has 0 aliphatic rings. The number of aromatic nitrogens is 2. The third-order valence-corrected chi connectivity index (χ3v) is 3.72. The summed E-state index contributed by atoms with van der Waals surface area (Å²) in [6.45, 7) is 0. The Balaban J connectivity index is 2.23. The summed E-state index contributed by atoms with van der Waals surface area (Å²) in [7, 11) is 0. The van der Waals surface area contributed by atoms with Crippen molar-refractivity contribution in [2.75, 3.05) is 0 Å². The molecule has 3 heterocycles. The van der Waals surface area contributed by atoms with Crippen molar-refractivity contribution in [1.82, 2.24) is 9.38 Å². The van der Waals surface area contributed by atoms with Crippen molar-refractivity contribution in [2.24, 2.45) is 0 Å². The van der Waals surface area contributed by atoms with Crippen LogP contribution in [-0.2, 0) is 0 Å². The summed E-state index contributed by atoms with van der Waals surface area (Å²) in [5, 5.41) is 0. The highest BCUT2D eigenvalue weighted by Gasteiger charge is 2.09. The topological polar surface area (TPSA) is 34.4 Å². The van der Waals surface area contributed by atoms with E-state index in [0.717, 1.165) is 21.2 Å². The second-order valence-corrected chi connectivity index (χ2v) is 5.26. The number of halogens is 1. The van der Waals surface area contributed by atoms with Gasteiger partial charge in [0.1, 0.15) is 5.65 Å². The van der Waals surface area contributed by atoms with Crippen LogP contribution >= 0.6 is 22.9 Å². The number of pyridine rings is 1. The summed E-state index contributed by atoms with van der Waals surface area (Å²) < 4.78 is 2.57. The number of thiophene rings is 1. The summed E-state index contributed by atoms with van der Waals surface area (Å²) in [6.07, 6.45) is 4.58. The summed E-state index contributed by atoms with van der Waals surface area (Å²) in [5.41, 5.74) is 2.08. The van der Waals surface area contributed by atoms with Crippen LogP contribution in [0.25, 0.3) is 16.2 Å². The maximum atomic E-state index is 10.9. The van der Waals surface area contributed by atoms with Gasteiger partial charge in [-0.1, -0.05) is 11.6 Å². The molecule has 0 unspecified atom stereocenters. The molecule has 0 aliphatic heterocycles. The number of hydrogen-bond acceptors (Lipinski definition) is 3. The summed E-state index contributed by atoms with van der Waals surface area (Å²) >= 11 is 7.37. The molecule has 0 bridgehead atoms. The normalized spacial score (nSPS) is 10.9. The Labute approximate surface area is 106 Å². The van der Waals surface area contributed by atoms with Gasteiger partial charge in [-0.25, -0.2) is 4.98 Å². The van der Waals surface area contributed by atoms with Gasteiger partial charge in [0.05, 0.1) is 20.5 Å². The maximum absolute atomic E-state index is 10.9. The Morgan fingerprint density at radius 1 is 1.35 bits per heavy atom. The van der Waals surface area contributed by atoms with E-state index in [-0.39, 0.29) is 0 Å². The molecule has 0 amide bonds. The van der Waals surface area contributed by atoms with E-state index in [1.807, 2.05) is 35.0 Å². The van der Waals surface area contributed by atoms with E-state index in [1.165, 1.54) is 11.3 Å². The largest absolute Gasteiger partial charge is 0.306 e. The molecule has 0 aliphatic carbocycles. The minimum Gasteiger partial charge on any atom is -0.306 e. The Bertz CT molecular complexity index is 701. The second-order valence-electron chi connectivity index (χ2n) is 3.54. The SMILES string of the molecule is O=Cc1cccn2cc(-c3ccc(Cl)s3)nc12. The van der Waals surface area contributed by atoms with E-state index >= 15 is 0 Å². The van der Waals surface area contributed by atoms with Crippen LogP contribution in [0.2, 0.25) is 4.34 Å². The van der Waals surface area contributed by atoms with Crippen LogP contribution in [0.3, 0.4) is 0 Å². The van der Waals surface area contributed by atoms with E-state index in [2.05, 4.69) is 4.98 Å². The molecular weight excluding hydrogens is 256 g/mol. The van der Waals surface area contributed by atoms with Crippen molar-refractivity contribution in [3.63, 3.8) is 0 Å². The Morgan fingerprint density at radius 3 is 2.94 bits per heavy atom. The number of imidazole rings is 1. The molecule has 0 saturated heterocycles. The molecule has 3 rings (SSSR count). The number of aldehydes is 1. The lowest BCUT2D eigenvalue weighted by Gasteiger charge is -1.93. The highest BCUT2D eigenvalue weighted by molar-refractivity contribution is 7.19. The average Bonchev–Trinajstić information content (AvgIpc) is 2.93. The van der Waals surface area contributed by atoms with Gasteiger partial charge in [0.15, 0.2) is 6.29 Å². The second kappa shape index (κ2) is 3.98. The molecule has 0 N–H and O–H groups in total. The lowest BCUT2D eigenvalue weighted by atomic mass is 10.3. The highest BCUT2D eigenvalue weighted by Crippen LogP contribution is 2.30. The molecular formula is C12H7ClN2OS. The van der Waals surface area contributed by atoms with Gasteiger partial charge in [-0.2, -0.15) is 0 Å². The van der Waals surface area contributed by atoms with Gasteiger partial charge >= 0.3 is 0 Å². The van der Waals surface area contributed by atoms with Crippen molar-refractivity contribution in [3.05, 3.63) is 46.6 Å². The van der Waals surface area contributed by atoms with Crippen LogP contribution in [0.15, 0.2) is 36.7 Å². The minimum atomic E-state index is 0.585. The molecule has 3 nitrogen and oxygen atoms in total. The van der Waals surface area contributed by atoms with Crippen molar-refractivity contribution in [1.29, 1.82) is 0 Å². The lowest BCUT2D eigenvalue weighted by molar-refractivity contribution is 0.112. The summed E-state index contributed by atoms with van der Waals surface area (Å²) in [5.74, 6) is 0. The first-order valence-electron chi connectivity index (χ1n) is 4.96. The molecule has 17 heavy (non-hydrogen) atoms. The van der Waals surface area contributed by atoms with Gasteiger partial charge in [-0.05, 0) is 24.3 Å². The highest BCUT2D eigenvalue weighted by atomic mass is 35.5. The molecule has 5 heteroatoms. The molecule has 84 valence electrons. The first kappa shape index (κ1) is 10.5. The van der Waals surface area contributed by atoms with Gasteiger partial charge < -0.3 is 4.40 Å². The number of carbonyl (C=O) groups is 1. The van der Waals surface area contributed by atoms with Gasteiger partial charge in [0.2, 0.25) is 0 Å².